The first-order valence-electron chi connectivity index (χ1n) is 10.3. The molecule has 0 spiro atoms. The van der Waals surface area contributed by atoms with Crippen molar-refractivity contribution in [3.8, 4) is 0 Å². The lowest BCUT2D eigenvalue weighted by molar-refractivity contribution is -0.139. The third-order valence-electron chi connectivity index (χ3n) is 5.62. The van der Waals surface area contributed by atoms with Gasteiger partial charge in [0.15, 0.2) is 0 Å². The fourth-order valence-electron chi connectivity index (χ4n) is 4.16. The van der Waals surface area contributed by atoms with Crippen molar-refractivity contribution in [1.29, 1.82) is 0 Å². The average Bonchev–Trinajstić information content (AvgIpc) is 2.64. The molecule has 0 aromatic rings. The Morgan fingerprint density at radius 2 is 1.80 bits per heavy atom. The Hall–Kier alpha value is -1.09. The van der Waals surface area contributed by atoms with Gasteiger partial charge in [-0.15, -0.1) is 0 Å². The van der Waals surface area contributed by atoms with Crippen LogP contribution in [0.3, 0.4) is 0 Å². The molecule has 0 saturated heterocycles. The minimum atomic E-state index is -0.274. The molecule has 0 aromatic heterocycles. The number of ether oxygens (including phenoxy) is 2. The third-order valence-corrected chi connectivity index (χ3v) is 5.62. The van der Waals surface area contributed by atoms with Crippen LogP contribution in [0.4, 0.5) is 0 Å². The van der Waals surface area contributed by atoms with E-state index < -0.39 is 0 Å². The second kappa shape index (κ2) is 11.5. The summed E-state index contributed by atoms with van der Waals surface area (Å²) in [5, 5.41) is 0. The van der Waals surface area contributed by atoms with Crippen LogP contribution >= 0.6 is 0 Å². The predicted molar refractivity (Wildman–Crippen MR) is 102 cm³/mol. The summed E-state index contributed by atoms with van der Waals surface area (Å²) in [5.74, 6) is 1.35. The van der Waals surface area contributed by atoms with Crippen LogP contribution in [0.1, 0.15) is 77.6 Å². The maximum Gasteiger partial charge on any atom is 0.333 e. The maximum atomic E-state index is 11.3. The van der Waals surface area contributed by atoms with E-state index in [1.54, 1.807) is 6.92 Å². The number of hydrogen-bond acceptors (Lipinski definition) is 3. The summed E-state index contributed by atoms with van der Waals surface area (Å²) in [6.45, 7) is 6.66. The standard InChI is InChI=1S/C22H36O3/c1-18(2)22(23)25-17-11-4-3-10-16-24-21-15-9-8-14-20(21)19-12-6-5-7-13-19/h5-6,19-21H,1,3-4,7-17H2,2H3. The molecule has 3 nitrogen and oxygen atoms in total. The normalized spacial score (nSPS) is 26.4. The van der Waals surface area contributed by atoms with Gasteiger partial charge in [0.1, 0.15) is 0 Å². The van der Waals surface area contributed by atoms with Gasteiger partial charge in [0.25, 0.3) is 0 Å². The molecule has 1 fully saturated rings. The molecule has 142 valence electrons. The Balaban J connectivity index is 1.54. The lowest BCUT2D eigenvalue weighted by atomic mass is 9.73. The number of allylic oxidation sites excluding steroid dienone is 2. The van der Waals surface area contributed by atoms with Gasteiger partial charge in [0.2, 0.25) is 0 Å². The fraction of sp³-hybridized carbons (Fsp3) is 0.773. The van der Waals surface area contributed by atoms with Crippen molar-refractivity contribution in [2.24, 2.45) is 11.8 Å². The molecular formula is C22H36O3. The van der Waals surface area contributed by atoms with Gasteiger partial charge in [-0.3, -0.25) is 0 Å². The van der Waals surface area contributed by atoms with Crippen LogP contribution in [0.5, 0.6) is 0 Å². The molecule has 0 aromatic carbocycles. The van der Waals surface area contributed by atoms with E-state index in [2.05, 4.69) is 18.7 Å². The van der Waals surface area contributed by atoms with Crippen molar-refractivity contribution in [1.82, 2.24) is 0 Å². The van der Waals surface area contributed by atoms with Crippen LogP contribution in [0, 0.1) is 11.8 Å². The van der Waals surface area contributed by atoms with E-state index in [4.69, 9.17) is 9.47 Å². The molecule has 0 aliphatic heterocycles. The van der Waals surface area contributed by atoms with E-state index in [0.717, 1.165) is 44.1 Å². The van der Waals surface area contributed by atoms with E-state index in [9.17, 15) is 4.79 Å². The average molecular weight is 349 g/mol. The zero-order valence-corrected chi connectivity index (χ0v) is 16.0. The molecule has 1 saturated carbocycles. The first kappa shape index (κ1) is 20.2. The maximum absolute atomic E-state index is 11.3. The van der Waals surface area contributed by atoms with E-state index >= 15 is 0 Å². The number of unbranched alkanes of at least 4 members (excludes halogenated alkanes) is 3. The Kier molecular flexibility index (Phi) is 9.31. The SMILES string of the molecule is C=C(C)C(=O)OCCCCCCOC1CCCCC1C1CC=CCC1. The third kappa shape index (κ3) is 7.35. The highest BCUT2D eigenvalue weighted by molar-refractivity contribution is 5.86. The zero-order valence-electron chi connectivity index (χ0n) is 16.0. The fourth-order valence-corrected chi connectivity index (χ4v) is 4.16. The summed E-state index contributed by atoms with van der Waals surface area (Å²) < 4.78 is 11.4. The second-order valence-electron chi connectivity index (χ2n) is 7.73. The minimum absolute atomic E-state index is 0.274. The van der Waals surface area contributed by atoms with Gasteiger partial charge in [-0.1, -0.05) is 38.0 Å². The molecule has 3 unspecified atom stereocenters. The van der Waals surface area contributed by atoms with Crippen LogP contribution in [0.25, 0.3) is 0 Å². The van der Waals surface area contributed by atoms with Gasteiger partial charge < -0.3 is 9.47 Å². The largest absolute Gasteiger partial charge is 0.462 e. The van der Waals surface area contributed by atoms with E-state index in [-0.39, 0.29) is 5.97 Å². The highest BCUT2D eigenvalue weighted by atomic mass is 16.5. The van der Waals surface area contributed by atoms with Crippen molar-refractivity contribution in [2.45, 2.75) is 83.7 Å². The topological polar surface area (TPSA) is 35.5 Å². The summed E-state index contributed by atoms with van der Waals surface area (Å²) in [7, 11) is 0. The van der Waals surface area contributed by atoms with Crippen molar-refractivity contribution >= 4 is 5.97 Å². The van der Waals surface area contributed by atoms with Crippen molar-refractivity contribution in [3.05, 3.63) is 24.3 Å². The molecule has 2 aliphatic rings. The number of carbonyl (C=O) groups is 1. The molecule has 0 amide bonds. The molecule has 3 heteroatoms. The number of hydrogen-bond donors (Lipinski definition) is 0. The van der Waals surface area contributed by atoms with Gasteiger partial charge in [0.05, 0.1) is 12.7 Å². The van der Waals surface area contributed by atoms with Crippen molar-refractivity contribution < 1.29 is 14.3 Å². The Morgan fingerprint density at radius 3 is 2.52 bits per heavy atom. The Bertz CT molecular complexity index is 441. The molecule has 2 aliphatic carbocycles. The van der Waals surface area contributed by atoms with Gasteiger partial charge in [-0.2, -0.15) is 0 Å². The highest BCUT2D eigenvalue weighted by Gasteiger charge is 2.32. The van der Waals surface area contributed by atoms with E-state index in [1.807, 2.05) is 0 Å². The minimum Gasteiger partial charge on any atom is -0.462 e. The lowest BCUT2D eigenvalue weighted by Crippen LogP contribution is -2.34. The molecule has 0 bridgehead atoms. The molecule has 3 atom stereocenters. The van der Waals surface area contributed by atoms with Crippen molar-refractivity contribution in [3.63, 3.8) is 0 Å². The summed E-state index contributed by atoms with van der Waals surface area (Å²) in [5.41, 5.74) is 0.476. The number of rotatable bonds is 10. The first-order valence-corrected chi connectivity index (χ1v) is 10.3. The first-order chi connectivity index (χ1) is 12.2. The van der Waals surface area contributed by atoms with Crippen LogP contribution in [-0.2, 0) is 14.3 Å². The van der Waals surface area contributed by atoms with Crippen molar-refractivity contribution in [2.75, 3.05) is 13.2 Å². The van der Waals surface area contributed by atoms with Gasteiger partial charge in [0, 0.05) is 12.2 Å². The Labute approximate surface area is 153 Å². The van der Waals surface area contributed by atoms with Crippen LogP contribution < -0.4 is 0 Å². The van der Waals surface area contributed by atoms with Crippen LogP contribution in [0.15, 0.2) is 24.3 Å². The number of carbonyl (C=O) groups excluding carboxylic acids is 1. The van der Waals surface area contributed by atoms with E-state index in [0.29, 0.717) is 18.3 Å². The Morgan fingerprint density at radius 1 is 1.04 bits per heavy atom. The van der Waals surface area contributed by atoms with Crippen LogP contribution in [-0.4, -0.2) is 25.3 Å². The molecular weight excluding hydrogens is 312 g/mol. The zero-order chi connectivity index (χ0) is 17.9. The molecule has 2 rings (SSSR count). The quantitative estimate of drug-likeness (QED) is 0.223. The summed E-state index contributed by atoms with van der Waals surface area (Å²) in [6.07, 6.45) is 18.7. The summed E-state index contributed by atoms with van der Waals surface area (Å²) in [6, 6.07) is 0. The van der Waals surface area contributed by atoms with Gasteiger partial charge in [-0.25, -0.2) is 4.79 Å². The summed E-state index contributed by atoms with van der Waals surface area (Å²) in [4.78, 5) is 11.3. The van der Waals surface area contributed by atoms with E-state index in [1.165, 1.54) is 44.9 Å². The number of esters is 1. The predicted octanol–water partition coefficient (Wildman–Crippen LogP) is 5.60. The molecule has 0 N–H and O–H groups in total. The highest BCUT2D eigenvalue weighted by Crippen LogP contribution is 2.38. The van der Waals surface area contributed by atoms with Gasteiger partial charge >= 0.3 is 5.97 Å². The smallest absolute Gasteiger partial charge is 0.333 e. The molecule has 0 heterocycles. The van der Waals surface area contributed by atoms with Gasteiger partial charge in [-0.05, 0) is 70.1 Å². The molecule has 25 heavy (non-hydrogen) atoms. The second-order valence-corrected chi connectivity index (χ2v) is 7.73. The molecule has 0 radical (unpaired) electrons. The summed E-state index contributed by atoms with van der Waals surface area (Å²) >= 11 is 0. The lowest BCUT2D eigenvalue weighted by Gasteiger charge is -2.37. The van der Waals surface area contributed by atoms with Crippen LogP contribution in [0.2, 0.25) is 0 Å². The monoisotopic (exact) mass is 348 g/mol.